The van der Waals surface area contributed by atoms with Crippen LogP contribution < -0.4 is 9.47 Å². The Hall–Kier alpha value is -2.04. The van der Waals surface area contributed by atoms with Gasteiger partial charge in [0.05, 0.1) is 13.2 Å². The van der Waals surface area contributed by atoms with E-state index >= 15 is 0 Å². The molecule has 2 aromatic rings. The Balaban J connectivity index is 1.36. The molecular formula is C25H34O4. The van der Waals surface area contributed by atoms with Gasteiger partial charge < -0.3 is 19.3 Å². The summed E-state index contributed by atoms with van der Waals surface area (Å²) in [5.41, 5.74) is 2.63. The third-order valence-electron chi connectivity index (χ3n) is 5.28. The molecule has 2 aromatic carbocycles. The van der Waals surface area contributed by atoms with Crippen molar-refractivity contribution in [2.75, 3.05) is 19.8 Å². The molecule has 3 rings (SSSR count). The first-order valence-corrected chi connectivity index (χ1v) is 11.0. The number of rotatable bonds is 12. The maximum atomic E-state index is 8.77. The van der Waals surface area contributed by atoms with Crippen LogP contribution in [0.3, 0.4) is 0 Å². The first kappa shape index (κ1) is 21.7. The number of hydrogen-bond donors (Lipinski definition) is 1. The summed E-state index contributed by atoms with van der Waals surface area (Å²) in [6, 6.07) is 16.8. The van der Waals surface area contributed by atoms with Crippen molar-refractivity contribution in [3.05, 3.63) is 59.7 Å². The van der Waals surface area contributed by atoms with Crippen molar-refractivity contribution in [1.29, 1.82) is 0 Å². The summed E-state index contributed by atoms with van der Waals surface area (Å²) >= 11 is 0. The number of hydrogen-bond acceptors (Lipinski definition) is 4. The van der Waals surface area contributed by atoms with E-state index in [9.17, 15) is 0 Å². The number of unbranched alkanes of at least 4 members (excludes halogenated alkanes) is 3. The van der Waals surface area contributed by atoms with E-state index in [2.05, 4.69) is 36.4 Å². The molecule has 0 aliphatic carbocycles. The normalized spacial score (nSPS) is 16.5. The highest BCUT2D eigenvalue weighted by Crippen LogP contribution is 2.20. The average molecular weight is 399 g/mol. The molecule has 0 aromatic heterocycles. The van der Waals surface area contributed by atoms with Gasteiger partial charge in [0.15, 0.2) is 6.29 Å². The summed E-state index contributed by atoms with van der Waals surface area (Å²) in [6.07, 6.45) is 9.32. The number of benzene rings is 2. The van der Waals surface area contributed by atoms with Crippen LogP contribution in [-0.2, 0) is 17.6 Å². The van der Waals surface area contributed by atoms with E-state index in [0.29, 0.717) is 0 Å². The summed E-state index contributed by atoms with van der Waals surface area (Å²) in [7, 11) is 0. The third-order valence-corrected chi connectivity index (χ3v) is 5.28. The Labute approximate surface area is 174 Å². The highest BCUT2D eigenvalue weighted by molar-refractivity contribution is 5.30. The third kappa shape index (κ3) is 8.08. The fourth-order valence-electron chi connectivity index (χ4n) is 3.49. The van der Waals surface area contributed by atoms with Gasteiger partial charge in [0.2, 0.25) is 0 Å². The van der Waals surface area contributed by atoms with Crippen molar-refractivity contribution >= 4 is 0 Å². The van der Waals surface area contributed by atoms with E-state index in [1.807, 2.05) is 12.1 Å². The van der Waals surface area contributed by atoms with E-state index < -0.39 is 0 Å². The topological polar surface area (TPSA) is 47.9 Å². The second kappa shape index (κ2) is 12.5. The SMILES string of the molecule is OCCCCCCOc1ccc(CCc2ccc(OC3CCCCO3)cc2)cc1. The first-order valence-electron chi connectivity index (χ1n) is 11.0. The predicted molar refractivity (Wildman–Crippen MR) is 116 cm³/mol. The minimum Gasteiger partial charge on any atom is -0.494 e. The van der Waals surface area contributed by atoms with Gasteiger partial charge >= 0.3 is 0 Å². The second-order valence-electron chi connectivity index (χ2n) is 7.69. The van der Waals surface area contributed by atoms with E-state index in [1.54, 1.807) is 0 Å². The number of aliphatic hydroxyl groups is 1. The molecule has 0 bridgehead atoms. The lowest BCUT2D eigenvalue weighted by Crippen LogP contribution is -2.24. The van der Waals surface area contributed by atoms with Gasteiger partial charge in [-0.1, -0.05) is 30.7 Å². The van der Waals surface area contributed by atoms with Crippen molar-refractivity contribution in [3.63, 3.8) is 0 Å². The Morgan fingerprint density at radius 2 is 1.45 bits per heavy atom. The quantitative estimate of drug-likeness (QED) is 0.492. The molecule has 0 amide bonds. The van der Waals surface area contributed by atoms with Crippen LogP contribution >= 0.6 is 0 Å². The monoisotopic (exact) mass is 398 g/mol. The molecule has 0 saturated carbocycles. The molecule has 29 heavy (non-hydrogen) atoms. The molecule has 1 atom stereocenters. The summed E-state index contributed by atoms with van der Waals surface area (Å²) in [6.45, 7) is 1.83. The van der Waals surface area contributed by atoms with Gasteiger partial charge in [0.25, 0.3) is 0 Å². The Bertz CT molecular complexity index is 675. The summed E-state index contributed by atoms with van der Waals surface area (Å²) in [5.74, 6) is 1.82. The molecular weight excluding hydrogens is 364 g/mol. The zero-order valence-electron chi connectivity index (χ0n) is 17.4. The molecule has 0 radical (unpaired) electrons. The van der Waals surface area contributed by atoms with E-state index in [0.717, 1.165) is 76.1 Å². The highest BCUT2D eigenvalue weighted by Gasteiger charge is 2.14. The lowest BCUT2D eigenvalue weighted by molar-refractivity contribution is -0.105. The number of ether oxygens (including phenoxy) is 3. The molecule has 1 fully saturated rings. The van der Waals surface area contributed by atoms with E-state index in [-0.39, 0.29) is 12.9 Å². The van der Waals surface area contributed by atoms with Gasteiger partial charge in [-0.25, -0.2) is 0 Å². The standard InChI is InChI=1S/C25H34O4/c26-18-4-1-2-5-19-27-23-14-10-21(11-15-23)8-9-22-12-16-24(17-13-22)29-25-7-3-6-20-28-25/h10-17,25-26H,1-9,18-20H2. The minimum atomic E-state index is -0.0872. The fraction of sp³-hybridized carbons (Fsp3) is 0.520. The highest BCUT2D eigenvalue weighted by atomic mass is 16.7. The van der Waals surface area contributed by atoms with Crippen LogP contribution in [-0.4, -0.2) is 31.2 Å². The molecule has 0 spiro atoms. The molecule has 1 aliphatic rings. The second-order valence-corrected chi connectivity index (χ2v) is 7.69. The molecule has 4 nitrogen and oxygen atoms in total. The van der Waals surface area contributed by atoms with E-state index in [1.165, 1.54) is 17.5 Å². The largest absolute Gasteiger partial charge is 0.494 e. The zero-order chi connectivity index (χ0) is 20.2. The molecule has 1 unspecified atom stereocenters. The van der Waals surface area contributed by atoms with Gasteiger partial charge in [-0.05, 0) is 80.3 Å². The summed E-state index contributed by atoms with van der Waals surface area (Å²) in [5, 5.41) is 8.77. The van der Waals surface area contributed by atoms with Crippen LogP contribution in [0.4, 0.5) is 0 Å². The van der Waals surface area contributed by atoms with Crippen LogP contribution in [0.15, 0.2) is 48.5 Å². The van der Waals surface area contributed by atoms with Gasteiger partial charge in [-0.3, -0.25) is 0 Å². The van der Waals surface area contributed by atoms with Crippen molar-refractivity contribution in [2.24, 2.45) is 0 Å². The van der Waals surface area contributed by atoms with Crippen LogP contribution in [0.2, 0.25) is 0 Å². The average Bonchev–Trinajstić information content (AvgIpc) is 2.77. The zero-order valence-corrected chi connectivity index (χ0v) is 17.4. The smallest absolute Gasteiger partial charge is 0.199 e. The Morgan fingerprint density at radius 3 is 2.07 bits per heavy atom. The van der Waals surface area contributed by atoms with Gasteiger partial charge in [0, 0.05) is 13.0 Å². The number of aliphatic hydroxyl groups excluding tert-OH is 1. The van der Waals surface area contributed by atoms with Crippen LogP contribution in [0, 0.1) is 0 Å². The first-order chi connectivity index (χ1) is 14.3. The van der Waals surface area contributed by atoms with Gasteiger partial charge in [-0.15, -0.1) is 0 Å². The summed E-state index contributed by atoms with van der Waals surface area (Å²) in [4.78, 5) is 0. The lowest BCUT2D eigenvalue weighted by atomic mass is 10.0. The maximum absolute atomic E-state index is 8.77. The van der Waals surface area contributed by atoms with Crippen molar-refractivity contribution in [2.45, 2.75) is 64.1 Å². The van der Waals surface area contributed by atoms with Crippen LogP contribution in [0.25, 0.3) is 0 Å². The molecule has 1 saturated heterocycles. The molecule has 1 heterocycles. The maximum Gasteiger partial charge on any atom is 0.199 e. The Kier molecular flexibility index (Phi) is 9.34. The van der Waals surface area contributed by atoms with Gasteiger partial charge in [-0.2, -0.15) is 0 Å². The van der Waals surface area contributed by atoms with Crippen LogP contribution in [0.1, 0.15) is 56.1 Å². The fourth-order valence-corrected chi connectivity index (χ4v) is 3.49. The summed E-state index contributed by atoms with van der Waals surface area (Å²) < 4.78 is 17.3. The lowest BCUT2D eigenvalue weighted by Gasteiger charge is -2.23. The van der Waals surface area contributed by atoms with Gasteiger partial charge in [0.1, 0.15) is 11.5 Å². The molecule has 4 heteroatoms. The molecule has 158 valence electrons. The molecule has 1 aliphatic heterocycles. The minimum absolute atomic E-state index is 0.0872. The predicted octanol–water partition coefficient (Wildman–Crippen LogP) is 5.31. The Morgan fingerprint density at radius 1 is 0.793 bits per heavy atom. The van der Waals surface area contributed by atoms with E-state index in [4.69, 9.17) is 19.3 Å². The van der Waals surface area contributed by atoms with Crippen molar-refractivity contribution in [1.82, 2.24) is 0 Å². The van der Waals surface area contributed by atoms with Crippen molar-refractivity contribution < 1.29 is 19.3 Å². The molecule has 1 N–H and O–H groups in total. The number of aryl methyl sites for hydroxylation is 2. The van der Waals surface area contributed by atoms with Crippen LogP contribution in [0.5, 0.6) is 11.5 Å². The van der Waals surface area contributed by atoms with Crippen molar-refractivity contribution in [3.8, 4) is 11.5 Å².